The Morgan fingerprint density at radius 3 is 3.04 bits per heavy atom. The number of hydrogen-bond donors (Lipinski definition) is 0. The molecule has 4 rings (SSSR count). The maximum Gasteiger partial charge on any atom is 0.189 e. The van der Waals surface area contributed by atoms with Gasteiger partial charge in [-0.15, -0.1) is 23.1 Å². The molecule has 124 valence electrons. The maximum atomic E-state index is 13.9. The fraction of sp³-hybridized carbons (Fsp3) is 0.294. The van der Waals surface area contributed by atoms with Gasteiger partial charge in [-0.1, -0.05) is 0 Å². The third-order valence-corrected chi connectivity index (χ3v) is 6.20. The summed E-state index contributed by atoms with van der Waals surface area (Å²) in [5.74, 6) is 1.05. The molecule has 0 amide bonds. The Bertz CT molecular complexity index is 927. The van der Waals surface area contributed by atoms with Crippen molar-refractivity contribution in [1.82, 2.24) is 9.97 Å². The summed E-state index contributed by atoms with van der Waals surface area (Å²) in [7, 11) is 0. The molecule has 0 bridgehead atoms. The van der Waals surface area contributed by atoms with Crippen molar-refractivity contribution in [3.8, 4) is 5.75 Å². The number of thiophene rings is 1. The molecule has 0 aliphatic carbocycles. The molecule has 0 unspecified atom stereocenters. The van der Waals surface area contributed by atoms with Gasteiger partial charge in [0.1, 0.15) is 27.8 Å². The van der Waals surface area contributed by atoms with Gasteiger partial charge in [0.15, 0.2) is 6.79 Å². The molecule has 1 aliphatic rings. The van der Waals surface area contributed by atoms with E-state index in [1.165, 1.54) is 22.6 Å². The first-order valence-corrected chi connectivity index (χ1v) is 9.29. The largest absolute Gasteiger partial charge is 0.467 e. The molecule has 0 N–H and O–H groups in total. The highest BCUT2D eigenvalue weighted by atomic mass is 32.2. The van der Waals surface area contributed by atoms with Gasteiger partial charge < -0.3 is 9.47 Å². The Kier molecular flexibility index (Phi) is 4.15. The van der Waals surface area contributed by atoms with E-state index in [-0.39, 0.29) is 12.6 Å². The highest BCUT2D eigenvalue weighted by Crippen LogP contribution is 2.38. The summed E-state index contributed by atoms with van der Waals surface area (Å²) < 4.78 is 24.7. The number of benzene rings is 1. The number of thioether (sulfide) groups is 1. The first-order chi connectivity index (χ1) is 11.6. The van der Waals surface area contributed by atoms with E-state index < -0.39 is 0 Å². The summed E-state index contributed by atoms with van der Waals surface area (Å²) in [6, 6.07) is 3.00. The van der Waals surface area contributed by atoms with Crippen molar-refractivity contribution in [3.63, 3.8) is 0 Å². The zero-order chi connectivity index (χ0) is 16.7. The molecular weight excluding hydrogens is 347 g/mol. The number of aryl methyl sites for hydroxylation is 2. The predicted molar refractivity (Wildman–Crippen MR) is 93.1 cm³/mol. The van der Waals surface area contributed by atoms with Gasteiger partial charge in [0, 0.05) is 27.1 Å². The number of rotatable bonds is 3. The molecule has 3 heterocycles. The molecular formula is C17H15FN2O2S2. The van der Waals surface area contributed by atoms with Crippen LogP contribution in [0.4, 0.5) is 4.39 Å². The van der Waals surface area contributed by atoms with Crippen molar-refractivity contribution in [2.24, 2.45) is 0 Å². The lowest BCUT2D eigenvalue weighted by molar-refractivity contribution is -0.0171. The highest BCUT2D eigenvalue weighted by molar-refractivity contribution is 7.98. The molecule has 0 fully saturated rings. The number of ether oxygens (including phenoxy) is 2. The minimum absolute atomic E-state index is 0.205. The van der Waals surface area contributed by atoms with Crippen molar-refractivity contribution in [1.29, 1.82) is 0 Å². The second-order valence-electron chi connectivity index (χ2n) is 5.59. The topological polar surface area (TPSA) is 44.2 Å². The van der Waals surface area contributed by atoms with Crippen LogP contribution in [0.3, 0.4) is 0 Å². The van der Waals surface area contributed by atoms with Gasteiger partial charge in [-0.2, -0.15) is 0 Å². The van der Waals surface area contributed by atoms with E-state index in [2.05, 4.69) is 23.8 Å². The van der Waals surface area contributed by atoms with Crippen molar-refractivity contribution < 1.29 is 13.9 Å². The van der Waals surface area contributed by atoms with E-state index in [1.807, 2.05) is 0 Å². The van der Waals surface area contributed by atoms with Crippen LogP contribution >= 0.6 is 23.1 Å². The molecule has 2 aromatic heterocycles. The fourth-order valence-electron chi connectivity index (χ4n) is 2.77. The van der Waals surface area contributed by atoms with Crippen LogP contribution in [0.25, 0.3) is 10.2 Å². The van der Waals surface area contributed by atoms with Gasteiger partial charge >= 0.3 is 0 Å². The van der Waals surface area contributed by atoms with Gasteiger partial charge in [0.25, 0.3) is 0 Å². The quantitative estimate of drug-likeness (QED) is 0.503. The maximum absolute atomic E-state index is 13.9. The van der Waals surface area contributed by atoms with Crippen molar-refractivity contribution >= 4 is 33.3 Å². The molecule has 4 nitrogen and oxygen atoms in total. The third kappa shape index (κ3) is 2.76. The van der Waals surface area contributed by atoms with Gasteiger partial charge in [-0.3, -0.25) is 0 Å². The van der Waals surface area contributed by atoms with E-state index in [4.69, 9.17) is 9.47 Å². The number of nitrogens with zero attached hydrogens (tertiary/aromatic N) is 2. The average Bonchev–Trinajstić information content (AvgIpc) is 2.87. The summed E-state index contributed by atoms with van der Waals surface area (Å²) in [6.45, 7) is 4.77. The van der Waals surface area contributed by atoms with Gasteiger partial charge in [-0.05, 0) is 31.5 Å². The summed E-state index contributed by atoms with van der Waals surface area (Å²) in [5, 5.41) is 2.02. The molecule has 0 radical (unpaired) electrons. The summed E-state index contributed by atoms with van der Waals surface area (Å²) >= 11 is 3.25. The molecule has 1 aromatic carbocycles. The first-order valence-electron chi connectivity index (χ1n) is 7.49. The Morgan fingerprint density at radius 2 is 2.17 bits per heavy atom. The second kappa shape index (κ2) is 6.31. The van der Waals surface area contributed by atoms with Gasteiger partial charge in [0.05, 0.1) is 6.61 Å². The van der Waals surface area contributed by atoms with Crippen LogP contribution < -0.4 is 4.74 Å². The number of halogens is 1. The van der Waals surface area contributed by atoms with Gasteiger partial charge in [0.2, 0.25) is 0 Å². The lowest BCUT2D eigenvalue weighted by Crippen LogP contribution is -2.13. The monoisotopic (exact) mass is 362 g/mol. The zero-order valence-corrected chi connectivity index (χ0v) is 14.9. The highest BCUT2D eigenvalue weighted by Gasteiger charge is 2.18. The van der Waals surface area contributed by atoms with Crippen LogP contribution in [-0.4, -0.2) is 16.8 Å². The van der Waals surface area contributed by atoms with E-state index in [1.54, 1.807) is 29.4 Å². The standard InChI is InChI=1S/C17H15FN2O2S2/c1-9-10(2)24-17-14(9)16(19-7-20-17)23-6-12-4-13(18)3-11-5-21-8-22-15(11)12/h3-4,7H,5-6,8H2,1-2H3. The SMILES string of the molecule is Cc1sc2ncnc(SCc3cc(F)cc4c3OCOC4)c2c1C. The Labute approximate surface area is 147 Å². The van der Waals surface area contributed by atoms with Crippen LogP contribution in [-0.2, 0) is 17.1 Å². The van der Waals surface area contributed by atoms with E-state index in [0.717, 1.165) is 32.1 Å². The summed E-state index contributed by atoms with van der Waals surface area (Å²) in [6.07, 6.45) is 1.59. The van der Waals surface area contributed by atoms with Gasteiger partial charge in [-0.25, -0.2) is 14.4 Å². The molecule has 0 spiro atoms. The van der Waals surface area contributed by atoms with Crippen LogP contribution in [0.1, 0.15) is 21.6 Å². The fourth-order valence-corrected chi connectivity index (χ4v) is 4.85. The van der Waals surface area contributed by atoms with Crippen LogP contribution in [0, 0.1) is 19.7 Å². The Hall–Kier alpha value is -1.70. The molecule has 0 saturated carbocycles. The number of fused-ring (bicyclic) bond motifs is 2. The Balaban J connectivity index is 1.68. The Morgan fingerprint density at radius 1 is 1.29 bits per heavy atom. The molecule has 7 heteroatoms. The molecule has 0 saturated heterocycles. The smallest absolute Gasteiger partial charge is 0.189 e. The van der Waals surface area contributed by atoms with E-state index >= 15 is 0 Å². The predicted octanol–water partition coefficient (Wildman–Crippen LogP) is 4.61. The zero-order valence-electron chi connectivity index (χ0n) is 13.3. The van der Waals surface area contributed by atoms with E-state index in [0.29, 0.717) is 12.4 Å². The van der Waals surface area contributed by atoms with Crippen molar-refractivity contribution in [3.05, 3.63) is 45.8 Å². The van der Waals surface area contributed by atoms with Crippen molar-refractivity contribution in [2.75, 3.05) is 6.79 Å². The average molecular weight is 362 g/mol. The first kappa shape index (κ1) is 15.8. The van der Waals surface area contributed by atoms with Crippen LogP contribution in [0.15, 0.2) is 23.5 Å². The molecule has 24 heavy (non-hydrogen) atoms. The summed E-state index contributed by atoms with van der Waals surface area (Å²) in [4.78, 5) is 11.0. The second-order valence-corrected chi connectivity index (χ2v) is 7.76. The minimum atomic E-state index is -0.270. The van der Waals surface area contributed by atoms with Crippen LogP contribution in [0.2, 0.25) is 0 Å². The lowest BCUT2D eigenvalue weighted by Gasteiger charge is -2.20. The lowest BCUT2D eigenvalue weighted by atomic mass is 10.1. The van der Waals surface area contributed by atoms with Crippen molar-refractivity contribution in [2.45, 2.75) is 31.2 Å². The molecule has 3 aromatic rings. The number of hydrogen-bond acceptors (Lipinski definition) is 6. The normalized spacial score (nSPS) is 13.8. The molecule has 0 atom stereocenters. The number of aromatic nitrogens is 2. The summed E-state index contributed by atoms with van der Waals surface area (Å²) in [5.41, 5.74) is 2.80. The van der Waals surface area contributed by atoms with E-state index in [9.17, 15) is 4.39 Å². The minimum Gasteiger partial charge on any atom is -0.467 e. The van der Waals surface area contributed by atoms with Crippen LogP contribution in [0.5, 0.6) is 5.75 Å². The third-order valence-electron chi connectivity index (χ3n) is 4.05. The molecule has 1 aliphatic heterocycles.